The van der Waals surface area contributed by atoms with E-state index < -0.39 is 5.60 Å². The van der Waals surface area contributed by atoms with Crippen molar-refractivity contribution in [1.82, 2.24) is 4.98 Å². The lowest BCUT2D eigenvalue weighted by Gasteiger charge is -2.60. The van der Waals surface area contributed by atoms with Crippen molar-refractivity contribution < 1.29 is 14.6 Å². The van der Waals surface area contributed by atoms with E-state index in [0.717, 1.165) is 32.1 Å². The van der Waals surface area contributed by atoms with E-state index in [9.17, 15) is 10.2 Å². The van der Waals surface area contributed by atoms with Crippen molar-refractivity contribution in [3.8, 4) is 5.88 Å². The molecule has 2 atom stereocenters. The number of oxazole rings is 1. The second-order valence-electron chi connectivity index (χ2n) is 7.95. The zero-order chi connectivity index (χ0) is 14.8. The molecule has 5 rings (SSSR count). The summed E-state index contributed by atoms with van der Waals surface area (Å²) in [6.07, 6.45) is 6.06. The number of aromatic hydroxyl groups is 1. The van der Waals surface area contributed by atoms with Gasteiger partial charge in [0.15, 0.2) is 5.76 Å². The number of rotatable bonds is 3. The van der Waals surface area contributed by atoms with Crippen LogP contribution < -0.4 is 5.32 Å². The third-order valence-corrected chi connectivity index (χ3v) is 5.56. The Bertz CT molecular complexity index is 552. The van der Waals surface area contributed by atoms with Gasteiger partial charge in [0.25, 0.3) is 11.9 Å². The van der Waals surface area contributed by atoms with Crippen LogP contribution in [0.5, 0.6) is 5.88 Å². The zero-order valence-corrected chi connectivity index (χ0v) is 12.7. The number of nitrogens with zero attached hydrogens (tertiary/aromatic N) is 1. The van der Waals surface area contributed by atoms with Crippen LogP contribution in [0.1, 0.15) is 64.1 Å². The molecule has 21 heavy (non-hydrogen) atoms. The summed E-state index contributed by atoms with van der Waals surface area (Å²) < 4.78 is 5.69. The molecule has 4 aliphatic rings. The second kappa shape index (κ2) is 4.15. The van der Waals surface area contributed by atoms with Crippen molar-refractivity contribution in [3.63, 3.8) is 0 Å². The first kappa shape index (κ1) is 13.4. The number of hydrogen-bond donors (Lipinski definition) is 3. The largest absolute Gasteiger partial charge is 0.491 e. The van der Waals surface area contributed by atoms with Crippen LogP contribution in [0.3, 0.4) is 0 Å². The van der Waals surface area contributed by atoms with Crippen molar-refractivity contribution in [1.29, 1.82) is 0 Å². The highest BCUT2D eigenvalue weighted by Crippen LogP contribution is 2.58. The average Bonchev–Trinajstić information content (AvgIpc) is 2.65. The second-order valence-corrected chi connectivity index (χ2v) is 7.95. The third-order valence-electron chi connectivity index (χ3n) is 5.56. The summed E-state index contributed by atoms with van der Waals surface area (Å²) in [4.78, 5) is 4.13. The highest BCUT2D eigenvalue weighted by atomic mass is 16.4. The molecule has 1 heterocycles. The molecule has 3 N–H and O–H groups in total. The molecule has 4 aliphatic carbocycles. The van der Waals surface area contributed by atoms with Crippen LogP contribution in [0.2, 0.25) is 0 Å². The maximum Gasteiger partial charge on any atom is 0.298 e. The van der Waals surface area contributed by atoms with Crippen LogP contribution in [0.4, 0.5) is 6.01 Å². The van der Waals surface area contributed by atoms with Crippen LogP contribution in [-0.2, 0) is 0 Å². The molecule has 1 aromatic rings. The predicted octanol–water partition coefficient (Wildman–Crippen LogP) is 3.00. The molecule has 0 spiro atoms. The Labute approximate surface area is 124 Å². The smallest absolute Gasteiger partial charge is 0.298 e. The molecular weight excluding hydrogens is 268 g/mol. The van der Waals surface area contributed by atoms with Gasteiger partial charge in [0.1, 0.15) is 0 Å². The van der Waals surface area contributed by atoms with Crippen molar-refractivity contribution >= 4 is 6.01 Å². The number of aromatic nitrogens is 1. The fourth-order valence-corrected chi connectivity index (χ4v) is 5.34. The van der Waals surface area contributed by atoms with Crippen molar-refractivity contribution in [2.75, 3.05) is 5.32 Å². The lowest BCUT2D eigenvalue weighted by Crippen LogP contribution is -2.62. The van der Waals surface area contributed by atoms with E-state index in [-0.39, 0.29) is 17.3 Å². The summed E-state index contributed by atoms with van der Waals surface area (Å²) in [5.41, 5.74) is -0.614. The Morgan fingerprint density at radius 1 is 1.24 bits per heavy atom. The number of hydrogen-bond acceptors (Lipinski definition) is 5. The molecule has 0 saturated heterocycles. The first-order valence-corrected chi connectivity index (χ1v) is 8.07. The summed E-state index contributed by atoms with van der Waals surface area (Å²) in [5.74, 6) is 1.83. The molecule has 4 saturated carbocycles. The zero-order valence-electron chi connectivity index (χ0n) is 12.7. The minimum Gasteiger partial charge on any atom is -0.491 e. The fourth-order valence-electron chi connectivity index (χ4n) is 5.34. The highest BCUT2D eigenvalue weighted by molar-refractivity contribution is 5.35. The summed E-state index contributed by atoms with van der Waals surface area (Å²) in [6.45, 7) is 3.94. The van der Waals surface area contributed by atoms with E-state index in [4.69, 9.17) is 4.42 Å². The molecule has 0 aromatic carbocycles. The van der Waals surface area contributed by atoms with Gasteiger partial charge in [-0.1, -0.05) is 13.8 Å². The highest BCUT2D eigenvalue weighted by Gasteiger charge is 2.57. The van der Waals surface area contributed by atoms with Crippen LogP contribution in [0, 0.1) is 11.8 Å². The van der Waals surface area contributed by atoms with Gasteiger partial charge in [-0.05, 0) is 50.4 Å². The van der Waals surface area contributed by atoms with E-state index in [2.05, 4.69) is 10.3 Å². The van der Waals surface area contributed by atoms with Crippen molar-refractivity contribution in [3.05, 3.63) is 5.76 Å². The monoisotopic (exact) mass is 292 g/mol. The summed E-state index contributed by atoms with van der Waals surface area (Å²) >= 11 is 0. The maximum absolute atomic E-state index is 10.8. The van der Waals surface area contributed by atoms with Gasteiger partial charge in [-0.3, -0.25) is 0 Å². The lowest BCUT2D eigenvalue weighted by molar-refractivity contribution is -0.128. The molecule has 1 aromatic heterocycles. The minimum atomic E-state index is -0.507. The molecule has 4 bridgehead atoms. The summed E-state index contributed by atoms with van der Waals surface area (Å²) in [5, 5.41) is 24.1. The standard InChI is InChI=1S/C16H24N2O3/c1-9(2)12-13(19)17-14(21-12)18-15-4-10-3-11(5-15)7-16(20,6-10)8-15/h9-11,19-20H,3-8H2,1-2H3,(H,17,18). The van der Waals surface area contributed by atoms with Crippen LogP contribution in [0.15, 0.2) is 4.42 Å². The molecule has 0 radical (unpaired) electrons. The maximum atomic E-state index is 10.8. The normalized spacial score (nSPS) is 41.0. The van der Waals surface area contributed by atoms with Gasteiger partial charge in [0, 0.05) is 11.5 Å². The molecule has 2 unspecified atom stereocenters. The number of nitrogens with one attached hydrogen (secondary N) is 1. The van der Waals surface area contributed by atoms with Gasteiger partial charge in [0.05, 0.1) is 5.60 Å². The van der Waals surface area contributed by atoms with Crippen LogP contribution in [-0.4, -0.2) is 26.3 Å². The molecule has 5 heteroatoms. The van der Waals surface area contributed by atoms with Crippen LogP contribution in [0.25, 0.3) is 0 Å². The SMILES string of the molecule is CC(C)c1oc(NC23CC4CC(CC(O)(C4)C2)C3)nc1O. The predicted molar refractivity (Wildman–Crippen MR) is 78.2 cm³/mol. The first-order chi connectivity index (χ1) is 9.86. The summed E-state index contributed by atoms with van der Waals surface area (Å²) in [6, 6.07) is 0.404. The van der Waals surface area contributed by atoms with Gasteiger partial charge < -0.3 is 19.9 Å². The molecular formula is C16H24N2O3. The Hall–Kier alpha value is -1.23. The van der Waals surface area contributed by atoms with E-state index >= 15 is 0 Å². The minimum absolute atomic E-state index is 0.0176. The Balaban J connectivity index is 1.61. The number of aliphatic hydroxyl groups is 1. The van der Waals surface area contributed by atoms with Crippen LogP contribution >= 0.6 is 0 Å². The lowest BCUT2D eigenvalue weighted by atomic mass is 9.51. The van der Waals surface area contributed by atoms with Crippen molar-refractivity contribution in [2.45, 2.75) is 69.4 Å². The van der Waals surface area contributed by atoms with E-state index in [1.165, 1.54) is 6.42 Å². The van der Waals surface area contributed by atoms with Gasteiger partial charge in [-0.2, -0.15) is 4.98 Å². The van der Waals surface area contributed by atoms with E-state index in [1.54, 1.807) is 0 Å². The quantitative estimate of drug-likeness (QED) is 0.798. The molecule has 0 aliphatic heterocycles. The Kier molecular flexibility index (Phi) is 2.66. The molecule has 0 amide bonds. The molecule has 4 fully saturated rings. The van der Waals surface area contributed by atoms with E-state index in [0.29, 0.717) is 23.6 Å². The third kappa shape index (κ3) is 2.13. The molecule has 5 nitrogen and oxygen atoms in total. The summed E-state index contributed by atoms with van der Waals surface area (Å²) in [7, 11) is 0. The van der Waals surface area contributed by atoms with Crippen molar-refractivity contribution in [2.24, 2.45) is 11.8 Å². The molecule has 116 valence electrons. The Morgan fingerprint density at radius 3 is 2.43 bits per heavy atom. The first-order valence-electron chi connectivity index (χ1n) is 8.07. The van der Waals surface area contributed by atoms with E-state index in [1.807, 2.05) is 13.8 Å². The van der Waals surface area contributed by atoms with Gasteiger partial charge in [0.2, 0.25) is 0 Å². The number of anilines is 1. The van der Waals surface area contributed by atoms with Gasteiger partial charge in [-0.15, -0.1) is 0 Å². The fraction of sp³-hybridized carbons (Fsp3) is 0.812. The van der Waals surface area contributed by atoms with Gasteiger partial charge >= 0.3 is 0 Å². The average molecular weight is 292 g/mol. The topological polar surface area (TPSA) is 78.5 Å². The van der Waals surface area contributed by atoms with Gasteiger partial charge in [-0.25, -0.2) is 0 Å². The Morgan fingerprint density at radius 2 is 1.90 bits per heavy atom.